The summed E-state index contributed by atoms with van der Waals surface area (Å²) in [5.74, 6) is 6.25. The van der Waals surface area contributed by atoms with E-state index in [1.165, 1.54) is 7.11 Å². The molecule has 1 aromatic rings. The van der Waals surface area contributed by atoms with E-state index in [-0.39, 0.29) is 11.2 Å². The van der Waals surface area contributed by atoms with Crippen molar-refractivity contribution in [3.05, 3.63) is 24.3 Å². The summed E-state index contributed by atoms with van der Waals surface area (Å²) in [6.45, 7) is 6.81. The highest BCUT2D eigenvalue weighted by Gasteiger charge is 2.25. The molecule has 0 aliphatic carbocycles. The van der Waals surface area contributed by atoms with Crippen molar-refractivity contribution in [1.29, 1.82) is 0 Å². The molecule has 0 spiro atoms. The lowest BCUT2D eigenvalue weighted by molar-refractivity contribution is -0.126. The first-order chi connectivity index (χ1) is 12.4. The average molecular weight is 358 g/mol. The number of anilines is 2. The van der Waals surface area contributed by atoms with Crippen LogP contribution < -0.4 is 10.6 Å². The van der Waals surface area contributed by atoms with Crippen LogP contribution in [0.15, 0.2) is 24.3 Å². The van der Waals surface area contributed by atoms with Crippen molar-refractivity contribution in [2.75, 3.05) is 24.3 Å². The largest absolute Gasteiger partial charge is 0.453 e. The Balaban J connectivity index is 2.37. The standard InChI is InChI=1S/C21H30N2O3/c1-5-6-14-21(2,3)19(24)13-8-7-9-15-22-17-11-10-12-18(16-17)23-20(25)26-4/h10-12,16,22H,5-6,9,13-15H2,1-4H3,(H,23,25). The van der Waals surface area contributed by atoms with Gasteiger partial charge in [0.05, 0.1) is 13.5 Å². The van der Waals surface area contributed by atoms with Crippen LogP contribution in [0, 0.1) is 17.3 Å². The maximum Gasteiger partial charge on any atom is 0.411 e. The third-order valence-electron chi connectivity index (χ3n) is 4.16. The molecule has 2 N–H and O–H groups in total. The van der Waals surface area contributed by atoms with Gasteiger partial charge < -0.3 is 10.1 Å². The fourth-order valence-electron chi connectivity index (χ4n) is 2.37. The number of benzene rings is 1. The number of rotatable bonds is 9. The molecule has 0 aliphatic heterocycles. The van der Waals surface area contributed by atoms with Crippen molar-refractivity contribution in [1.82, 2.24) is 0 Å². The Hall–Kier alpha value is -2.48. The third kappa shape index (κ3) is 8.06. The molecule has 1 rings (SSSR count). The summed E-state index contributed by atoms with van der Waals surface area (Å²) in [5.41, 5.74) is 1.26. The Labute approximate surface area is 156 Å². The number of hydrogen-bond donors (Lipinski definition) is 2. The minimum absolute atomic E-state index is 0.216. The average Bonchev–Trinajstić information content (AvgIpc) is 2.62. The van der Waals surface area contributed by atoms with Crippen LogP contribution in [0.5, 0.6) is 0 Å². The van der Waals surface area contributed by atoms with Gasteiger partial charge in [0.25, 0.3) is 0 Å². The Kier molecular flexibility index (Phi) is 9.29. The second-order valence-corrected chi connectivity index (χ2v) is 6.82. The highest BCUT2D eigenvalue weighted by molar-refractivity contribution is 5.86. The predicted octanol–water partition coefficient (Wildman–Crippen LogP) is 4.85. The number of methoxy groups -OCH3 is 1. The summed E-state index contributed by atoms with van der Waals surface area (Å²) in [7, 11) is 1.33. The molecule has 0 unspecified atom stereocenters. The molecule has 0 atom stereocenters. The summed E-state index contributed by atoms with van der Waals surface area (Å²) in [4.78, 5) is 23.4. The van der Waals surface area contributed by atoms with Crippen LogP contribution in [-0.4, -0.2) is 25.5 Å². The predicted molar refractivity (Wildman–Crippen MR) is 106 cm³/mol. The first-order valence-electron chi connectivity index (χ1n) is 9.07. The van der Waals surface area contributed by atoms with E-state index in [2.05, 4.69) is 34.1 Å². The van der Waals surface area contributed by atoms with Crippen LogP contribution in [0.3, 0.4) is 0 Å². The molecular weight excluding hydrogens is 328 g/mol. The monoisotopic (exact) mass is 358 g/mol. The van der Waals surface area contributed by atoms with E-state index in [9.17, 15) is 9.59 Å². The number of nitrogens with one attached hydrogen (secondary N) is 2. The number of ether oxygens (including phenoxy) is 1. The van der Waals surface area contributed by atoms with Gasteiger partial charge in [0.2, 0.25) is 0 Å². The summed E-state index contributed by atoms with van der Waals surface area (Å²) in [6, 6.07) is 7.37. The fourth-order valence-corrected chi connectivity index (χ4v) is 2.37. The fraction of sp³-hybridized carbons (Fsp3) is 0.524. The maximum atomic E-state index is 12.2. The zero-order valence-corrected chi connectivity index (χ0v) is 16.3. The minimum Gasteiger partial charge on any atom is -0.453 e. The highest BCUT2D eigenvalue weighted by Crippen LogP contribution is 2.25. The SMILES string of the molecule is CCCCC(C)(C)C(=O)CC#CCCNc1cccc(NC(=O)OC)c1. The first kappa shape index (κ1) is 21.6. The Morgan fingerprint density at radius 1 is 1.19 bits per heavy atom. The van der Waals surface area contributed by atoms with Gasteiger partial charge in [-0.15, -0.1) is 5.92 Å². The lowest BCUT2D eigenvalue weighted by Crippen LogP contribution is -2.23. The molecule has 0 aromatic heterocycles. The van der Waals surface area contributed by atoms with Gasteiger partial charge in [0, 0.05) is 29.8 Å². The van der Waals surface area contributed by atoms with Crippen LogP contribution in [0.25, 0.3) is 0 Å². The molecule has 0 fully saturated rings. The lowest BCUT2D eigenvalue weighted by atomic mass is 9.81. The smallest absolute Gasteiger partial charge is 0.411 e. The quantitative estimate of drug-likeness (QED) is 0.489. The van der Waals surface area contributed by atoms with Crippen molar-refractivity contribution in [2.24, 2.45) is 5.41 Å². The molecule has 5 heteroatoms. The van der Waals surface area contributed by atoms with E-state index < -0.39 is 6.09 Å². The van der Waals surface area contributed by atoms with E-state index in [4.69, 9.17) is 0 Å². The molecule has 26 heavy (non-hydrogen) atoms. The van der Waals surface area contributed by atoms with Crippen molar-refractivity contribution in [3.8, 4) is 11.8 Å². The van der Waals surface area contributed by atoms with Gasteiger partial charge in [-0.3, -0.25) is 10.1 Å². The Bertz CT molecular complexity index is 657. The molecule has 0 aliphatic rings. The Morgan fingerprint density at radius 2 is 1.92 bits per heavy atom. The van der Waals surface area contributed by atoms with E-state index in [0.29, 0.717) is 25.1 Å². The second-order valence-electron chi connectivity index (χ2n) is 6.82. The number of ketones is 1. The third-order valence-corrected chi connectivity index (χ3v) is 4.16. The molecule has 0 heterocycles. The van der Waals surface area contributed by atoms with Gasteiger partial charge >= 0.3 is 6.09 Å². The number of unbranched alkanes of at least 4 members (excludes halogenated alkanes) is 1. The number of hydrogen-bond acceptors (Lipinski definition) is 4. The van der Waals surface area contributed by atoms with E-state index in [0.717, 1.165) is 24.9 Å². The topological polar surface area (TPSA) is 67.4 Å². The van der Waals surface area contributed by atoms with Gasteiger partial charge in [0.15, 0.2) is 0 Å². The zero-order chi connectivity index (χ0) is 19.4. The maximum absolute atomic E-state index is 12.2. The van der Waals surface area contributed by atoms with E-state index >= 15 is 0 Å². The summed E-state index contributed by atoms with van der Waals surface area (Å²) in [6.07, 6.45) is 3.55. The summed E-state index contributed by atoms with van der Waals surface area (Å²) in [5, 5.41) is 5.86. The molecule has 0 bridgehead atoms. The van der Waals surface area contributed by atoms with Gasteiger partial charge in [-0.1, -0.05) is 45.6 Å². The highest BCUT2D eigenvalue weighted by atomic mass is 16.5. The molecule has 5 nitrogen and oxygen atoms in total. The van der Waals surface area contributed by atoms with Crippen molar-refractivity contribution < 1.29 is 14.3 Å². The second kappa shape index (κ2) is 11.2. The van der Waals surface area contributed by atoms with Crippen LogP contribution in [0.4, 0.5) is 16.2 Å². The Morgan fingerprint density at radius 3 is 2.62 bits per heavy atom. The summed E-state index contributed by atoms with van der Waals surface area (Å²) < 4.78 is 4.57. The summed E-state index contributed by atoms with van der Waals surface area (Å²) >= 11 is 0. The van der Waals surface area contributed by atoms with E-state index in [1.807, 2.05) is 32.0 Å². The number of carbonyl (C=O) groups is 2. The molecule has 0 radical (unpaired) electrons. The van der Waals surface area contributed by atoms with Crippen LogP contribution in [0.2, 0.25) is 0 Å². The molecule has 1 aromatic carbocycles. The molecule has 142 valence electrons. The number of Topliss-reactive ketones (excluding diaryl/α,β-unsaturated/α-hetero) is 1. The van der Waals surface area contributed by atoms with E-state index in [1.54, 1.807) is 6.07 Å². The van der Waals surface area contributed by atoms with Gasteiger partial charge in [0.1, 0.15) is 5.78 Å². The van der Waals surface area contributed by atoms with Crippen LogP contribution in [0.1, 0.15) is 52.9 Å². The van der Waals surface area contributed by atoms with Crippen molar-refractivity contribution >= 4 is 23.3 Å². The number of carbonyl (C=O) groups excluding carboxylic acids is 2. The van der Waals surface area contributed by atoms with Crippen LogP contribution in [-0.2, 0) is 9.53 Å². The van der Waals surface area contributed by atoms with Gasteiger partial charge in [-0.05, 0) is 24.6 Å². The van der Waals surface area contributed by atoms with Crippen molar-refractivity contribution in [2.45, 2.75) is 52.9 Å². The van der Waals surface area contributed by atoms with Crippen LogP contribution >= 0.6 is 0 Å². The molecule has 1 amide bonds. The first-order valence-corrected chi connectivity index (χ1v) is 9.07. The normalized spacial score (nSPS) is 10.5. The van der Waals surface area contributed by atoms with Crippen molar-refractivity contribution in [3.63, 3.8) is 0 Å². The van der Waals surface area contributed by atoms with Gasteiger partial charge in [-0.25, -0.2) is 4.79 Å². The molecule has 0 saturated carbocycles. The molecular formula is C21H30N2O3. The van der Waals surface area contributed by atoms with Gasteiger partial charge in [-0.2, -0.15) is 0 Å². The minimum atomic E-state index is -0.500. The molecule has 0 saturated heterocycles. The zero-order valence-electron chi connectivity index (χ0n) is 16.3. The lowest BCUT2D eigenvalue weighted by Gasteiger charge is -2.21. The number of amides is 1.